The fourth-order valence-corrected chi connectivity index (χ4v) is 4.21. The van der Waals surface area contributed by atoms with Crippen molar-refractivity contribution in [1.29, 1.82) is 0 Å². The van der Waals surface area contributed by atoms with Gasteiger partial charge < -0.3 is 15.5 Å². The van der Waals surface area contributed by atoms with Gasteiger partial charge in [0, 0.05) is 20.1 Å². The van der Waals surface area contributed by atoms with Crippen LogP contribution in [0.3, 0.4) is 0 Å². The van der Waals surface area contributed by atoms with Crippen molar-refractivity contribution in [3.05, 3.63) is 35.9 Å². The molecule has 154 valence electrons. The molecule has 3 unspecified atom stereocenters. The van der Waals surface area contributed by atoms with Gasteiger partial charge in [-0.1, -0.05) is 30.3 Å². The highest BCUT2D eigenvalue weighted by Crippen LogP contribution is 2.20. The second-order valence-corrected chi connectivity index (χ2v) is 8.23. The van der Waals surface area contributed by atoms with Gasteiger partial charge in [0.15, 0.2) is 0 Å². The van der Waals surface area contributed by atoms with Gasteiger partial charge >= 0.3 is 0 Å². The summed E-state index contributed by atoms with van der Waals surface area (Å²) in [6, 6.07) is 10.2. The summed E-state index contributed by atoms with van der Waals surface area (Å²) in [7, 11) is 1.89. The van der Waals surface area contributed by atoms with Crippen LogP contribution in [-0.4, -0.2) is 67.4 Å². The molecule has 2 N–H and O–H groups in total. The molecule has 2 saturated heterocycles. The Morgan fingerprint density at radius 1 is 1.25 bits per heavy atom. The van der Waals surface area contributed by atoms with Crippen LogP contribution in [0.2, 0.25) is 0 Å². The number of amides is 2. The van der Waals surface area contributed by atoms with Crippen LogP contribution < -0.4 is 10.6 Å². The first-order valence-corrected chi connectivity index (χ1v) is 10.6. The number of rotatable bonds is 7. The fourth-order valence-electron chi connectivity index (χ4n) is 4.21. The summed E-state index contributed by atoms with van der Waals surface area (Å²) < 4.78 is 0. The summed E-state index contributed by atoms with van der Waals surface area (Å²) in [5, 5.41) is 6.35. The number of piperidine rings is 1. The van der Waals surface area contributed by atoms with E-state index in [1.54, 1.807) is 0 Å². The molecule has 6 heteroatoms. The third-order valence-electron chi connectivity index (χ3n) is 6.16. The zero-order valence-electron chi connectivity index (χ0n) is 17.2. The fraction of sp³-hybridized carbons (Fsp3) is 0.636. The van der Waals surface area contributed by atoms with E-state index in [4.69, 9.17) is 0 Å². The van der Waals surface area contributed by atoms with E-state index in [0.29, 0.717) is 19.0 Å². The van der Waals surface area contributed by atoms with Crippen molar-refractivity contribution in [2.24, 2.45) is 5.92 Å². The molecule has 3 atom stereocenters. The summed E-state index contributed by atoms with van der Waals surface area (Å²) >= 11 is 0. The Bertz CT molecular complexity index is 645. The Kier molecular flexibility index (Phi) is 7.45. The minimum absolute atomic E-state index is 0.0191. The summed E-state index contributed by atoms with van der Waals surface area (Å²) in [5.41, 5.74) is 1.15. The van der Waals surface area contributed by atoms with Crippen molar-refractivity contribution in [1.82, 2.24) is 20.4 Å². The first kappa shape index (κ1) is 20.8. The van der Waals surface area contributed by atoms with Gasteiger partial charge in [0.1, 0.15) is 0 Å². The molecule has 2 amide bonds. The van der Waals surface area contributed by atoms with E-state index in [1.165, 1.54) is 0 Å². The number of likely N-dealkylation sites (tertiary alicyclic amines) is 1. The second kappa shape index (κ2) is 10.0. The molecule has 0 aromatic heterocycles. The van der Waals surface area contributed by atoms with Gasteiger partial charge in [0.2, 0.25) is 11.8 Å². The lowest BCUT2D eigenvalue weighted by atomic mass is 9.97. The van der Waals surface area contributed by atoms with Crippen molar-refractivity contribution in [3.8, 4) is 0 Å². The number of hydrogen-bond acceptors (Lipinski definition) is 4. The van der Waals surface area contributed by atoms with E-state index in [1.807, 2.05) is 30.1 Å². The highest BCUT2D eigenvalue weighted by Gasteiger charge is 2.26. The van der Waals surface area contributed by atoms with Crippen molar-refractivity contribution in [3.63, 3.8) is 0 Å². The van der Waals surface area contributed by atoms with E-state index in [9.17, 15) is 9.59 Å². The maximum Gasteiger partial charge on any atom is 0.237 e. The third kappa shape index (κ3) is 5.55. The molecule has 1 aromatic rings. The van der Waals surface area contributed by atoms with Crippen LogP contribution in [0.5, 0.6) is 0 Å². The van der Waals surface area contributed by atoms with Gasteiger partial charge in [-0.25, -0.2) is 0 Å². The normalized spacial score (nSPS) is 23.9. The standard InChI is InChI=1S/C22H34N4O2/c1-17(19-9-4-3-5-10-19)25(2)21(27)16-26-13-7-8-18(15-26)14-24-22(28)20-11-6-12-23-20/h3-5,9-10,17-18,20,23H,6-8,11-16H2,1-2H3,(H,24,28). The molecule has 2 heterocycles. The summed E-state index contributed by atoms with van der Waals surface area (Å²) in [6.07, 6.45) is 4.20. The first-order chi connectivity index (χ1) is 13.5. The molecular weight excluding hydrogens is 352 g/mol. The Morgan fingerprint density at radius 2 is 2.04 bits per heavy atom. The largest absolute Gasteiger partial charge is 0.354 e. The van der Waals surface area contributed by atoms with Gasteiger partial charge in [-0.2, -0.15) is 0 Å². The van der Waals surface area contributed by atoms with Crippen LogP contribution in [0, 0.1) is 5.92 Å². The molecule has 0 bridgehead atoms. The average molecular weight is 387 g/mol. The molecule has 28 heavy (non-hydrogen) atoms. The van der Waals surface area contributed by atoms with Crippen molar-refractivity contribution >= 4 is 11.8 Å². The number of nitrogens with one attached hydrogen (secondary N) is 2. The van der Waals surface area contributed by atoms with Crippen LogP contribution in [0.25, 0.3) is 0 Å². The molecule has 2 fully saturated rings. The SMILES string of the molecule is CC(c1ccccc1)N(C)C(=O)CN1CCCC(CNC(=O)C2CCCN2)C1. The minimum Gasteiger partial charge on any atom is -0.354 e. The van der Waals surface area contributed by atoms with Crippen molar-refractivity contribution < 1.29 is 9.59 Å². The number of carbonyl (C=O) groups excluding carboxylic acids is 2. The Balaban J connectivity index is 1.44. The molecule has 0 radical (unpaired) electrons. The first-order valence-electron chi connectivity index (χ1n) is 10.6. The number of likely N-dealkylation sites (N-methyl/N-ethyl adjacent to an activating group) is 1. The van der Waals surface area contributed by atoms with Crippen molar-refractivity contribution in [2.75, 3.05) is 39.8 Å². The predicted octanol–water partition coefficient (Wildman–Crippen LogP) is 1.79. The predicted molar refractivity (Wildman–Crippen MR) is 111 cm³/mol. The molecule has 1 aromatic carbocycles. The average Bonchev–Trinajstić information content (AvgIpc) is 3.27. The molecular formula is C22H34N4O2. The minimum atomic E-state index is -0.0191. The highest BCUT2D eigenvalue weighted by molar-refractivity contribution is 5.82. The zero-order valence-corrected chi connectivity index (χ0v) is 17.2. The van der Waals surface area contributed by atoms with Crippen LogP contribution in [-0.2, 0) is 9.59 Å². The molecule has 3 rings (SSSR count). The van der Waals surface area contributed by atoms with Gasteiger partial charge in [-0.15, -0.1) is 0 Å². The monoisotopic (exact) mass is 386 g/mol. The summed E-state index contributed by atoms with van der Waals surface area (Å²) in [5.74, 6) is 0.696. The maximum absolute atomic E-state index is 12.8. The molecule has 0 spiro atoms. The Morgan fingerprint density at radius 3 is 2.75 bits per heavy atom. The highest BCUT2D eigenvalue weighted by atomic mass is 16.2. The molecule has 0 aliphatic carbocycles. The second-order valence-electron chi connectivity index (χ2n) is 8.23. The molecule has 6 nitrogen and oxygen atoms in total. The number of carbonyl (C=O) groups is 2. The van der Waals surface area contributed by atoms with Crippen LogP contribution >= 0.6 is 0 Å². The number of hydrogen-bond donors (Lipinski definition) is 2. The van der Waals surface area contributed by atoms with E-state index in [2.05, 4.69) is 34.6 Å². The van der Waals surface area contributed by atoms with Crippen molar-refractivity contribution in [2.45, 2.75) is 44.7 Å². The van der Waals surface area contributed by atoms with Crippen LogP contribution in [0.1, 0.15) is 44.2 Å². The van der Waals surface area contributed by atoms with E-state index < -0.39 is 0 Å². The quantitative estimate of drug-likeness (QED) is 0.750. The number of benzene rings is 1. The molecule has 0 saturated carbocycles. The Labute approximate surface area is 168 Å². The lowest BCUT2D eigenvalue weighted by Crippen LogP contribution is -2.47. The van der Waals surface area contributed by atoms with Gasteiger partial charge in [-0.3, -0.25) is 14.5 Å². The van der Waals surface area contributed by atoms with Crippen LogP contribution in [0.15, 0.2) is 30.3 Å². The summed E-state index contributed by atoms with van der Waals surface area (Å²) in [6.45, 7) is 5.98. The maximum atomic E-state index is 12.8. The van der Waals surface area contributed by atoms with Gasteiger partial charge in [0.05, 0.1) is 18.6 Å². The van der Waals surface area contributed by atoms with E-state index in [0.717, 1.165) is 50.9 Å². The van der Waals surface area contributed by atoms with Crippen LogP contribution in [0.4, 0.5) is 0 Å². The third-order valence-corrected chi connectivity index (χ3v) is 6.16. The smallest absolute Gasteiger partial charge is 0.237 e. The van der Waals surface area contributed by atoms with Gasteiger partial charge in [-0.05, 0) is 57.2 Å². The number of nitrogens with zero attached hydrogens (tertiary/aromatic N) is 2. The van der Waals surface area contributed by atoms with E-state index >= 15 is 0 Å². The lowest BCUT2D eigenvalue weighted by Gasteiger charge is -2.34. The van der Waals surface area contributed by atoms with E-state index in [-0.39, 0.29) is 23.9 Å². The zero-order chi connectivity index (χ0) is 19.9. The molecule has 2 aliphatic rings. The van der Waals surface area contributed by atoms with Gasteiger partial charge in [0.25, 0.3) is 0 Å². The lowest BCUT2D eigenvalue weighted by molar-refractivity contribution is -0.133. The molecule has 2 aliphatic heterocycles. The Hall–Kier alpha value is -1.92. The summed E-state index contributed by atoms with van der Waals surface area (Å²) in [4.78, 5) is 29.1. The topological polar surface area (TPSA) is 64.7 Å².